The summed E-state index contributed by atoms with van der Waals surface area (Å²) in [5, 5.41) is 23.9. The number of nitrogens with zero attached hydrogens (tertiary/aromatic N) is 4. The predicted molar refractivity (Wildman–Crippen MR) is 120 cm³/mol. The van der Waals surface area contributed by atoms with E-state index in [9.17, 15) is 5.26 Å². The quantitative estimate of drug-likeness (QED) is 0.289. The SMILES string of the molecule is CCCCCCOCc1cccc(C2N=C(NC#N)Nc3nc(N)c(C#N)c(N)c32)c1. The van der Waals surface area contributed by atoms with Gasteiger partial charge in [0, 0.05) is 12.2 Å². The molecule has 6 N–H and O–H groups in total. The number of nitrogen functional groups attached to an aromatic ring is 2. The Morgan fingerprint density at radius 2 is 2.06 bits per heavy atom. The molecule has 9 heteroatoms. The molecule has 9 nitrogen and oxygen atoms in total. The van der Waals surface area contributed by atoms with Gasteiger partial charge in [-0.2, -0.15) is 10.5 Å². The highest BCUT2D eigenvalue weighted by Crippen LogP contribution is 2.40. The molecule has 3 rings (SSSR count). The lowest BCUT2D eigenvalue weighted by molar-refractivity contribution is 0.117. The van der Waals surface area contributed by atoms with E-state index in [1.807, 2.05) is 36.5 Å². The van der Waals surface area contributed by atoms with Crippen LogP contribution in [0.2, 0.25) is 0 Å². The lowest BCUT2D eigenvalue weighted by Crippen LogP contribution is -2.32. The third-order valence-electron chi connectivity index (χ3n) is 5.04. The number of ether oxygens (including phenoxy) is 1. The van der Waals surface area contributed by atoms with E-state index < -0.39 is 6.04 Å². The van der Waals surface area contributed by atoms with Gasteiger partial charge in [-0.15, -0.1) is 0 Å². The van der Waals surface area contributed by atoms with Crippen molar-refractivity contribution < 1.29 is 4.74 Å². The third kappa shape index (κ3) is 5.03. The van der Waals surface area contributed by atoms with Crippen LogP contribution in [-0.4, -0.2) is 17.6 Å². The molecule has 0 amide bonds. The molecule has 0 aliphatic carbocycles. The van der Waals surface area contributed by atoms with E-state index in [0.29, 0.717) is 18.0 Å². The van der Waals surface area contributed by atoms with Crippen LogP contribution in [0.1, 0.15) is 60.9 Å². The molecule has 31 heavy (non-hydrogen) atoms. The zero-order chi connectivity index (χ0) is 22.2. The molecule has 0 spiro atoms. The number of anilines is 3. The fourth-order valence-corrected chi connectivity index (χ4v) is 3.50. The Balaban J connectivity index is 1.90. The summed E-state index contributed by atoms with van der Waals surface area (Å²) >= 11 is 0. The summed E-state index contributed by atoms with van der Waals surface area (Å²) in [4.78, 5) is 8.85. The molecular weight excluding hydrogens is 392 g/mol. The van der Waals surface area contributed by atoms with Crippen molar-refractivity contribution in [2.24, 2.45) is 4.99 Å². The number of hydrogen-bond acceptors (Lipinski definition) is 9. The molecule has 1 atom stereocenters. The Hall–Kier alpha value is -3.82. The van der Waals surface area contributed by atoms with Crippen molar-refractivity contribution in [3.63, 3.8) is 0 Å². The molecular formula is C22H26N8O. The molecule has 1 aromatic heterocycles. The van der Waals surface area contributed by atoms with Crippen LogP contribution in [0.25, 0.3) is 0 Å². The monoisotopic (exact) mass is 418 g/mol. The number of unbranched alkanes of at least 4 members (excludes halogenated alkanes) is 3. The van der Waals surface area contributed by atoms with E-state index in [4.69, 9.17) is 21.5 Å². The Morgan fingerprint density at radius 3 is 2.81 bits per heavy atom. The van der Waals surface area contributed by atoms with Gasteiger partial charge in [0.05, 0.1) is 12.3 Å². The second-order valence-electron chi connectivity index (χ2n) is 7.26. The number of guanidine groups is 1. The first-order chi connectivity index (χ1) is 15.1. The fourth-order valence-electron chi connectivity index (χ4n) is 3.50. The number of hydrogen-bond donors (Lipinski definition) is 4. The van der Waals surface area contributed by atoms with E-state index in [1.165, 1.54) is 19.3 Å². The Labute approximate surface area is 181 Å². The first kappa shape index (κ1) is 21.9. The smallest absolute Gasteiger partial charge is 0.211 e. The van der Waals surface area contributed by atoms with Crippen LogP contribution in [0.4, 0.5) is 17.3 Å². The van der Waals surface area contributed by atoms with Gasteiger partial charge < -0.3 is 21.5 Å². The van der Waals surface area contributed by atoms with Crippen molar-refractivity contribution in [3.05, 3.63) is 46.5 Å². The number of pyridine rings is 1. The number of aliphatic imine (C=N–C) groups is 1. The first-order valence-corrected chi connectivity index (χ1v) is 10.2. The van der Waals surface area contributed by atoms with Crippen molar-refractivity contribution >= 4 is 23.3 Å². The van der Waals surface area contributed by atoms with Gasteiger partial charge in [-0.05, 0) is 17.5 Å². The minimum absolute atomic E-state index is 0.0217. The predicted octanol–water partition coefficient (Wildman–Crippen LogP) is 3.16. The van der Waals surface area contributed by atoms with Crippen LogP contribution in [-0.2, 0) is 11.3 Å². The summed E-state index contributed by atoms with van der Waals surface area (Å²) in [7, 11) is 0. The first-order valence-electron chi connectivity index (χ1n) is 10.2. The van der Waals surface area contributed by atoms with Gasteiger partial charge in [0.25, 0.3) is 0 Å². The normalized spacial score (nSPS) is 14.5. The molecule has 0 saturated carbocycles. The second-order valence-corrected chi connectivity index (χ2v) is 7.26. The van der Waals surface area contributed by atoms with Crippen molar-refractivity contribution in [1.82, 2.24) is 10.3 Å². The van der Waals surface area contributed by atoms with Crippen LogP contribution >= 0.6 is 0 Å². The van der Waals surface area contributed by atoms with E-state index in [-0.39, 0.29) is 23.0 Å². The van der Waals surface area contributed by atoms with Gasteiger partial charge in [-0.1, -0.05) is 50.5 Å². The van der Waals surface area contributed by atoms with E-state index in [2.05, 4.69) is 27.5 Å². The summed E-state index contributed by atoms with van der Waals surface area (Å²) in [6.45, 7) is 3.39. The lowest BCUT2D eigenvalue weighted by atomic mass is 9.94. The molecule has 1 aliphatic rings. The second kappa shape index (κ2) is 10.3. The molecule has 1 unspecified atom stereocenters. The Bertz CT molecular complexity index is 1050. The third-order valence-corrected chi connectivity index (χ3v) is 5.04. The largest absolute Gasteiger partial charge is 0.397 e. The highest BCUT2D eigenvalue weighted by Gasteiger charge is 2.29. The zero-order valence-electron chi connectivity index (χ0n) is 17.5. The average molecular weight is 419 g/mol. The van der Waals surface area contributed by atoms with Gasteiger partial charge >= 0.3 is 0 Å². The maximum atomic E-state index is 9.43. The number of fused-ring (bicyclic) bond motifs is 1. The van der Waals surface area contributed by atoms with Crippen LogP contribution in [0.3, 0.4) is 0 Å². The highest BCUT2D eigenvalue weighted by atomic mass is 16.5. The average Bonchev–Trinajstić information content (AvgIpc) is 2.76. The minimum atomic E-state index is -0.559. The Kier molecular flexibility index (Phi) is 7.26. The molecule has 1 aliphatic heterocycles. The molecule has 0 bridgehead atoms. The number of nitrogens with one attached hydrogen (secondary N) is 2. The van der Waals surface area contributed by atoms with Gasteiger partial charge in [0.2, 0.25) is 5.96 Å². The van der Waals surface area contributed by atoms with E-state index in [0.717, 1.165) is 24.2 Å². The van der Waals surface area contributed by atoms with Gasteiger partial charge in [0.15, 0.2) is 6.19 Å². The maximum absolute atomic E-state index is 9.43. The van der Waals surface area contributed by atoms with Crippen LogP contribution in [0.5, 0.6) is 0 Å². The zero-order valence-corrected chi connectivity index (χ0v) is 17.5. The standard InChI is InChI=1S/C22H26N8O/c1-2-3-4-5-9-31-12-14-7-6-8-15(10-14)19-17-18(25)16(11-23)20(26)29-21(17)30-22(28-19)27-13-24/h6-8,10,19H,2-5,9,12H2,1H3,(H6,25,26,27,28,29,30). The number of rotatable bonds is 8. The molecule has 1 aromatic carbocycles. The topological polar surface area (TPSA) is 158 Å². The molecule has 2 aromatic rings. The van der Waals surface area contributed by atoms with Crippen molar-refractivity contribution in [1.29, 1.82) is 10.5 Å². The number of nitriles is 2. The van der Waals surface area contributed by atoms with Gasteiger partial charge in [-0.25, -0.2) is 9.98 Å². The van der Waals surface area contributed by atoms with Crippen LogP contribution < -0.4 is 22.1 Å². The summed E-state index contributed by atoms with van der Waals surface area (Å²) in [6.07, 6.45) is 6.47. The van der Waals surface area contributed by atoms with E-state index >= 15 is 0 Å². The number of aromatic nitrogens is 1. The van der Waals surface area contributed by atoms with Crippen molar-refractivity contribution in [2.75, 3.05) is 23.4 Å². The molecule has 2 heterocycles. The molecule has 0 radical (unpaired) electrons. The molecule has 0 saturated heterocycles. The summed E-state index contributed by atoms with van der Waals surface area (Å²) in [5.41, 5.74) is 14.9. The summed E-state index contributed by atoms with van der Waals surface area (Å²) < 4.78 is 5.81. The highest BCUT2D eigenvalue weighted by molar-refractivity contribution is 5.98. The number of nitrogens with two attached hydrogens (primary N) is 2. The minimum Gasteiger partial charge on any atom is -0.397 e. The van der Waals surface area contributed by atoms with Gasteiger partial charge in [-0.3, -0.25) is 5.32 Å². The van der Waals surface area contributed by atoms with E-state index in [1.54, 1.807) is 0 Å². The summed E-state index contributed by atoms with van der Waals surface area (Å²) in [5.74, 6) is 0.617. The molecule has 160 valence electrons. The molecule has 0 fully saturated rings. The lowest BCUT2D eigenvalue weighted by Gasteiger charge is -2.26. The van der Waals surface area contributed by atoms with Gasteiger partial charge in [0.1, 0.15) is 29.3 Å². The van der Waals surface area contributed by atoms with Crippen molar-refractivity contribution in [2.45, 2.75) is 45.3 Å². The Morgan fingerprint density at radius 1 is 1.23 bits per heavy atom. The van der Waals surface area contributed by atoms with Crippen LogP contribution in [0, 0.1) is 22.8 Å². The van der Waals surface area contributed by atoms with Crippen LogP contribution in [0.15, 0.2) is 29.3 Å². The van der Waals surface area contributed by atoms with Crippen molar-refractivity contribution in [3.8, 4) is 12.3 Å². The maximum Gasteiger partial charge on any atom is 0.211 e. The number of benzene rings is 1. The summed E-state index contributed by atoms with van der Waals surface area (Å²) in [6, 6.07) is 9.26. The fraction of sp³-hybridized carbons (Fsp3) is 0.364.